The van der Waals surface area contributed by atoms with E-state index in [0.29, 0.717) is 12.1 Å². The summed E-state index contributed by atoms with van der Waals surface area (Å²) in [6.45, 7) is 0. The molecule has 1 aromatic heterocycles. The van der Waals surface area contributed by atoms with E-state index in [2.05, 4.69) is 9.97 Å². The molecule has 1 heterocycles. The number of alkyl halides is 3. The van der Waals surface area contributed by atoms with Crippen LogP contribution in [0.2, 0.25) is 5.15 Å². The Morgan fingerprint density at radius 1 is 1.10 bits per heavy atom. The lowest BCUT2D eigenvalue weighted by atomic mass is 10.2. The van der Waals surface area contributed by atoms with E-state index in [1.54, 1.807) is 0 Å². The molecular formula is C11H4ClF5N2O. The molecule has 0 saturated heterocycles. The highest BCUT2D eigenvalue weighted by molar-refractivity contribution is 6.29. The summed E-state index contributed by atoms with van der Waals surface area (Å²) in [5.41, 5.74) is -1.53. The summed E-state index contributed by atoms with van der Waals surface area (Å²) in [4.78, 5) is 6.69. The maximum absolute atomic E-state index is 13.4. The van der Waals surface area contributed by atoms with Crippen molar-refractivity contribution in [2.75, 3.05) is 0 Å². The number of aromatic nitrogens is 2. The third kappa shape index (κ3) is 2.96. The van der Waals surface area contributed by atoms with E-state index in [-0.39, 0.29) is 0 Å². The maximum atomic E-state index is 13.4. The first-order valence-corrected chi connectivity index (χ1v) is 5.37. The predicted octanol–water partition coefficient (Wildman–Crippen LogP) is 4.22. The highest BCUT2D eigenvalue weighted by Gasteiger charge is 2.34. The zero-order chi connectivity index (χ0) is 14.9. The van der Waals surface area contributed by atoms with Gasteiger partial charge in [0.15, 0.2) is 5.15 Å². The van der Waals surface area contributed by atoms with E-state index < -0.39 is 40.2 Å². The summed E-state index contributed by atoms with van der Waals surface area (Å²) in [6.07, 6.45) is -4.03. The van der Waals surface area contributed by atoms with Gasteiger partial charge in [0.25, 0.3) is 5.88 Å². The average molecular weight is 311 g/mol. The van der Waals surface area contributed by atoms with Crippen molar-refractivity contribution in [1.29, 1.82) is 0 Å². The Kier molecular flexibility index (Phi) is 3.76. The van der Waals surface area contributed by atoms with Crippen LogP contribution in [0.1, 0.15) is 5.56 Å². The molecule has 0 aliphatic rings. The Balaban J connectivity index is 2.38. The van der Waals surface area contributed by atoms with Crippen molar-refractivity contribution in [1.82, 2.24) is 9.97 Å². The van der Waals surface area contributed by atoms with E-state index in [1.807, 2.05) is 0 Å². The minimum atomic E-state index is -4.90. The minimum Gasteiger partial charge on any atom is -0.436 e. The number of halogens is 6. The molecule has 2 aromatic rings. The summed E-state index contributed by atoms with van der Waals surface area (Å²) >= 11 is 5.36. The van der Waals surface area contributed by atoms with Gasteiger partial charge in [-0.15, -0.1) is 0 Å². The number of hydrogen-bond donors (Lipinski definition) is 0. The molecule has 106 valence electrons. The molecule has 0 aliphatic heterocycles. The molecule has 0 atom stereocenters. The van der Waals surface area contributed by atoms with Crippen LogP contribution in [0.15, 0.2) is 24.5 Å². The summed E-state index contributed by atoms with van der Waals surface area (Å²) in [5, 5.41) is -0.548. The standard InChI is InChI=1S/C11H4ClF5N2O/c12-9-8(14)10(19-4-18-9)20-5-1-2-7(13)6(3-5)11(15,16)17/h1-4H. The molecule has 2 rings (SSSR count). The topological polar surface area (TPSA) is 35.0 Å². The van der Waals surface area contributed by atoms with Crippen molar-refractivity contribution in [3.63, 3.8) is 0 Å². The van der Waals surface area contributed by atoms with Crippen molar-refractivity contribution in [3.8, 4) is 11.6 Å². The Morgan fingerprint density at radius 2 is 1.80 bits per heavy atom. The second kappa shape index (κ2) is 5.20. The molecule has 0 bridgehead atoms. The van der Waals surface area contributed by atoms with Crippen molar-refractivity contribution in [3.05, 3.63) is 46.9 Å². The molecule has 0 amide bonds. The fourth-order valence-corrected chi connectivity index (χ4v) is 1.43. The molecule has 3 nitrogen and oxygen atoms in total. The van der Waals surface area contributed by atoms with Gasteiger partial charge in [-0.1, -0.05) is 11.6 Å². The van der Waals surface area contributed by atoms with E-state index in [4.69, 9.17) is 16.3 Å². The zero-order valence-electron chi connectivity index (χ0n) is 9.38. The van der Waals surface area contributed by atoms with Gasteiger partial charge >= 0.3 is 6.18 Å². The summed E-state index contributed by atoms with van der Waals surface area (Å²) in [5.74, 6) is -3.70. The van der Waals surface area contributed by atoms with Crippen LogP contribution < -0.4 is 4.74 Å². The molecule has 0 fully saturated rings. The van der Waals surface area contributed by atoms with Gasteiger partial charge in [-0.05, 0) is 18.2 Å². The summed E-state index contributed by atoms with van der Waals surface area (Å²) < 4.78 is 68.8. The van der Waals surface area contributed by atoms with E-state index in [9.17, 15) is 22.0 Å². The quantitative estimate of drug-likeness (QED) is 0.615. The number of hydrogen-bond acceptors (Lipinski definition) is 3. The monoisotopic (exact) mass is 310 g/mol. The average Bonchev–Trinajstić information content (AvgIpc) is 2.36. The van der Waals surface area contributed by atoms with Crippen molar-refractivity contribution in [2.24, 2.45) is 0 Å². The van der Waals surface area contributed by atoms with Crippen LogP contribution in [0, 0.1) is 11.6 Å². The Hall–Kier alpha value is -1.96. The zero-order valence-corrected chi connectivity index (χ0v) is 10.1. The lowest BCUT2D eigenvalue weighted by molar-refractivity contribution is -0.140. The SMILES string of the molecule is Fc1ccc(Oc2ncnc(Cl)c2F)cc1C(F)(F)F. The number of ether oxygens (including phenoxy) is 1. The molecular weight excluding hydrogens is 307 g/mol. The van der Waals surface area contributed by atoms with Gasteiger partial charge in [-0.2, -0.15) is 22.5 Å². The molecule has 0 N–H and O–H groups in total. The highest BCUT2D eigenvalue weighted by atomic mass is 35.5. The lowest BCUT2D eigenvalue weighted by Crippen LogP contribution is -2.08. The Morgan fingerprint density at radius 3 is 2.45 bits per heavy atom. The Bertz CT molecular complexity index is 647. The number of benzene rings is 1. The van der Waals surface area contributed by atoms with Gasteiger partial charge in [-0.25, -0.2) is 9.37 Å². The normalized spacial score (nSPS) is 11.5. The molecule has 0 saturated carbocycles. The van der Waals surface area contributed by atoms with Gasteiger partial charge < -0.3 is 4.74 Å². The predicted molar refractivity (Wildman–Crippen MR) is 58.5 cm³/mol. The fourth-order valence-electron chi connectivity index (χ4n) is 1.30. The summed E-state index contributed by atoms with van der Waals surface area (Å²) in [6, 6.07) is 1.85. The largest absolute Gasteiger partial charge is 0.436 e. The van der Waals surface area contributed by atoms with E-state index >= 15 is 0 Å². The van der Waals surface area contributed by atoms with E-state index in [1.165, 1.54) is 0 Å². The highest BCUT2D eigenvalue weighted by Crippen LogP contribution is 2.35. The number of rotatable bonds is 2. The molecule has 0 radical (unpaired) electrons. The van der Waals surface area contributed by atoms with Crippen LogP contribution in [0.25, 0.3) is 0 Å². The van der Waals surface area contributed by atoms with Gasteiger partial charge in [0.1, 0.15) is 17.9 Å². The molecule has 0 spiro atoms. The van der Waals surface area contributed by atoms with Crippen LogP contribution in [0.3, 0.4) is 0 Å². The van der Waals surface area contributed by atoms with Crippen LogP contribution in [0.4, 0.5) is 22.0 Å². The molecule has 0 aliphatic carbocycles. The second-order valence-corrected chi connectivity index (χ2v) is 3.88. The van der Waals surface area contributed by atoms with Crippen LogP contribution >= 0.6 is 11.6 Å². The van der Waals surface area contributed by atoms with Gasteiger partial charge in [-0.3, -0.25) is 0 Å². The first-order chi connectivity index (χ1) is 9.29. The molecule has 1 aromatic carbocycles. The number of nitrogens with zero attached hydrogens (tertiary/aromatic N) is 2. The molecule has 9 heteroatoms. The van der Waals surface area contributed by atoms with Crippen molar-refractivity contribution < 1.29 is 26.7 Å². The second-order valence-electron chi connectivity index (χ2n) is 3.53. The van der Waals surface area contributed by atoms with Crippen molar-refractivity contribution in [2.45, 2.75) is 6.18 Å². The first-order valence-electron chi connectivity index (χ1n) is 4.99. The fraction of sp³-hybridized carbons (Fsp3) is 0.0909. The molecule has 0 unspecified atom stereocenters. The van der Waals surface area contributed by atoms with Gasteiger partial charge in [0, 0.05) is 0 Å². The maximum Gasteiger partial charge on any atom is 0.419 e. The third-order valence-corrected chi connectivity index (χ3v) is 2.44. The summed E-state index contributed by atoms with van der Waals surface area (Å²) in [7, 11) is 0. The van der Waals surface area contributed by atoms with Crippen LogP contribution in [0.5, 0.6) is 11.6 Å². The van der Waals surface area contributed by atoms with Crippen LogP contribution in [-0.2, 0) is 6.18 Å². The van der Waals surface area contributed by atoms with Gasteiger partial charge in [0.05, 0.1) is 5.56 Å². The Labute approximate surface area is 114 Å². The van der Waals surface area contributed by atoms with Crippen molar-refractivity contribution >= 4 is 11.6 Å². The van der Waals surface area contributed by atoms with Crippen LogP contribution in [-0.4, -0.2) is 9.97 Å². The van der Waals surface area contributed by atoms with E-state index in [0.717, 1.165) is 12.4 Å². The third-order valence-electron chi connectivity index (χ3n) is 2.17. The lowest BCUT2D eigenvalue weighted by Gasteiger charge is -2.10. The minimum absolute atomic E-state index is 0.394. The molecule has 20 heavy (non-hydrogen) atoms. The smallest absolute Gasteiger partial charge is 0.419 e. The first kappa shape index (κ1) is 14.4. The van der Waals surface area contributed by atoms with Gasteiger partial charge in [0.2, 0.25) is 5.82 Å².